The summed E-state index contributed by atoms with van der Waals surface area (Å²) in [5.41, 5.74) is 0.567. The predicted molar refractivity (Wildman–Crippen MR) is 77.2 cm³/mol. The Balaban J connectivity index is 1.55. The van der Waals surface area contributed by atoms with Gasteiger partial charge in [-0.15, -0.1) is 0 Å². The Morgan fingerprint density at radius 3 is 2.82 bits per heavy atom. The van der Waals surface area contributed by atoms with E-state index in [0.29, 0.717) is 23.6 Å². The van der Waals surface area contributed by atoms with E-state index in [9.17, 15) is 9.59 Å². The summed E-state index contributed by atoms with van der Waals surface area (Å²) in [6, 6.07) is 1.62. The summed E-state index contributed by atoms with van der Waals surface area (Å²) < 4.78 is 15.5. The van der Waals surface area contributed by atoms with Gasteiger partial charge in [0.05, 0.1) is 13.7 Å². The number of aryl methyl sites for hydroxylation is 1. The van der Waals surface area contributed by atoms with Crippen molar-refractivity contribution in [1.82, 2.24) is 5.32 Å². The molecule has 1 N–H and O–H groups in total. The summed E-state index contributed by atoms with van der Waals surface area (Å²) in [4.78, 5) is 23.8. The van der Waals surface area contributed by atoms with Gasteiger partial charge in [-0.1, -0.05) is 0 Å². The zero-order chi connectivity index (χ0) is 15.7. The van der Waals surface area contributed by atoms with E-state index < -0.39 is 5.97 Å². The molecule has 1 saturated carbocycles. The molecule has 6 heteroatoms. The third kappa shape index (κ3) is 2.75. The summed E-state index contributed by atoms with van der Waals surface area (Å²) in [7, 11) is 1.33. The molecule has 2 aliphatic rings. The number of carbonyl (C=O) groups excluding carboxylic acids is 2. The number of carbonyl (C=O) groups is 2. The van der Waals surface area contributed by atoms with E-state index in [2.05, 4.69) is 10.1 Å². The van der Waals surface area contributed by atoms with Crippen LogP contribution in [0.5, 0.6) is 0 Å². The van der Waals surface area contributed by atoms with Crippen LogP contribution in [0.2, 0.25) is 0 Å². The Morgan fingerprint density at radius 1 is 1.41 bits per heavy atom. The molecule has 1 aromatic heterocycles. The smallest absolute Gasteiger partial charge is 0.341 e. The largest absolute Gasteiger partial charge is 0.465 e. The van der Waals surface area contributed by atoms with Crippen molar-refractivity contribution in [2.75, 3.05) is 20.3 Å². The fraction of sp³-hybridized carbons (Fsp3) is 0.625. The monoisotopic (exact) mass is 307 g/mol. The molecule has 2 heterocycles. The molecular formula is C16H21NO5. The number of esters is 1. The van der Waals surface area contributed by atoms with Gasteiger partial charge in [0.15, 0.2) is 0 Å². The quantitative estimate of drug-likeness (QED) is 0.858. The lowest BCUT2D eigenvalue weighted by molar-refractivity contribution is -0.123. The van der Waals surface area contributed by atoms with Gasteiger partial charge in [0.25, 0.3) is 0 Å². The maximum atomic E-state index is 12.2. The molecule has 120 valence electrons. The highest BCUT2D eigenvalue weighted by Gasteiger charge is 2.57. The molecule has 1 aromatic rings. The van der Waals surface area contributed by atoms with Crippen molar-refractivity contribution in [2.24, 2.45) is 11.3 Å². The molecule has 3 rings (SSSR count). The summed E-state index contributed by atoms with van der Waals surface area (Å²) in [5, 5.41) is 2.90. The van der Waals surface area contributed by atoms with Crippen molar-refractivity contribution >= 4 is 11.9 Å². The molecule has 0 unspecified atom stereocenters. The van der Waals surface area contributed by atoms with Crippen LogP contribution in [0.1, 0.15) is 41.1 Å². The summed E-state index contributed by atoms with van der Waals surface area (Å²) in [6.45, 7) is 3.50. The number of amides is 1. The van der Waals surface area contributed by atoms with Crippen LogP contribution in [0.4, 0.5) is 0 Å². The van der Waals surface area contributed by atoms with Crippen molar-refractivity contribution < 1.29 is 23.5 Å². The SMILES string of the molecule is COC(=O)c1cc(CNC(=O)[C@H]2CC23CCOCC3)oc1C. The zero-order valence-electron chi connectivity index (χ0n) is 12.9. The van der Waals surface area contributed by atoms with Crippen LogP contribution in [-0.4, -0.2) is 32.2 Å². The molecule has 1 spiro atoms. The molecule has 1 atom stereocenters. The van der Waals surface area contributed by atoms with Gasteiger partial charge in [-0.3, -0.25) is 4.79 Å². The lowest BCUT2D eigenvalue weighted by Gasteiger charge is -2.22. The van der Waals surface area contributed by atoms with Gasteiger partial charge in [-0.05, 0) is 37.7 Å². The van der Waals surface area contributed by atoms with Crippen molar-refractivity contribution in [3.05, 3.63) is 23.2 Å². The van der Waals surface area contributed by atoms with Crippen LogP contribution >= 0.6 is 0 Å². The molecule has 1 amide bonds. The second-order valence-corrected chi connectivity index (χ2v) is 6.12. The Labute approximate surface area is 129 Å². The average molecular weight is 307 g/mol. The van der Waals surface area contributed by atoms with E-state index in [4.69, 9.17) is 9.15 Å². The van der Waals surface area contributed by atoms with E-state index >= 15 is 0 Å². The highest BCUT2D eigenvalue weighted by Crippen LogP contribution is 2.59. The molecule has 2 fully saturated rings. The van der Waals surface area contributed by atoms with E-state index in [1.807, 2.05) is 0 Å². The molecule has 1 saturated heterocycles. The lowest BCUT2D eigenvalue weighted by Crippen LogP contribution is -2.29. The number of methoxy groups -OCH3 is 1. The second kappa shape index (κ2) is 5.76. The van der Waals surface area contributed by atoms with Gasteiger partial charge < -0.3 is 19.2 Å². The van der Waals surface area contributed by atoms with Gasteiger partial charge >= 0.3 is 5.97 Å². The standard InChI is InChI=1S/C16H21NO5/c1-10-12(15(19)20-2)7-11(22-10)9-17-14(18)13-8-16(13)3-5-21-6-4-16/h7,13H,3-6,8-9H2,1-2H3,(H,17,18)/t13-/m1/s1. The highest BCUT2D eigenvalue weighted by molar-refractivity contribution is 5.90. The van der Waals surface area contributed by atoms with Crippen molar-refractivity contribution in [3.63, 3.8) is 0 Å². The molecule has 22 heavy (non-hydrogen) atoms. The van der Waals surface area contributed by atoms with Gasteiger partial charge in [-0.2, -0.15) is 0 Å². The Kier molecular flexibility index (Phi) is 3.95. The van der Waals surface area contributed by atoms with Gasteiger partial charge in [0.1, 0.15) is 17.1 Å². The summed E-state index contributed by atoms with van der Waals surface area (Å²) in [5.74, 6) is 0.793. The first-order valence-electron chi connectivity index (χ1n) is 7.59. The normalized spacial score (nSPS) is 22.4. The van der Waals surface area contributed by atoms with E-state index in [-0.39, 0.29) is 17.2 Å². The van der Waals surface area contributed by atoms with E-state index in [0.717, 1.165) is 32.5 Å². The zero-order valence-corrected chi connectivity index (χ0v) is 12.9. The van der Waals surface area contributed by atoms with Crippen LogP contribution in [0.25, 0.3) is 0 Å². The lowest BCUT2D eigenvalue weighted by atomic mass is 9.93. The van der Waals surface area contributed by atoms with Gasteiger partial charge in [-0.25, -0.2) is 4.79 Å². The van der Waals surface area contributed by atoms with Crippen LogP contribution in [-0.2, 0) is 20.8 Å². The first-order valence-corrected chi connectivity index (χ1v) is 7.59. The molecule has 0 radical (unpaired) electrons. The number of furan rings is 1. The minimum atomic E-state index is -0.429. The van der Waals surface area contributed by atoms with Crippen molar-refractivity contribution in [2.45, 2.75) is 32.7 Å². The van der Waals surface area contributed by atoms with Gasteiger partial charge in [0, 0.05) is 19.1 Å². The predicted octanol–water partition coefficient (Wildman–Crippen LogP) is 1.81. The van der Waals surface area contributed by atoms with Crippen LogP contribution in [0.3, 0.4) is 0 Å². The topological polar surface area (TPSA) is 77.8 Å². The maximum Gasteiger partial charge on any atom is 0.341 e. The minimum absolute atomic E-state index is 0.0653. The van der Waals surface area contributed by atoms with Crippen molar-refractivity contribution in [1.29, 1.82) is 0 Å². The first kappa shape index (κ1) is 15.1. The Morgan fingerprint density at radius 2 is 2.14 bits per heavy atom. The molecule has 0 bridgehead atoms. The van der Waals surface area contributed by atoms with E-state index in [1.54, 1.807) is 13.0 Å². The first-order chi connectivity index (χ1) is 10.6. The number of rotatable bonds is 4. The van der Waals surface area contributed by atoms with Crippen LogP contribution < -0.4 is 5.32 Å². The Hall–Kier alpha value is -1.82. The number of ether oxygens (including phenoxy) is 2. The van der Waals surface area contributed by atoms with Crippen molar-refractivity contribution in [3.8, 4) is 0 Å². The third-order valence-corrected chi connectivity index (χ3v) is 4.81. The maximum absolute atomic E-state index is 12.2. The number of hydrogen-bond donors (Lipinski definition) is 1. The minimum Gasteiger partial charge on any atom is -0.465 e. The fourth-order valence-corrected chi connectivity index (χ4v) is 3.29. The number of nitrogens with one attached hydrogen (secondary N) is 1. The van der Waals surface area contributed by atoms with E-state index in [1.165, 1.54) is 7.11 Å². The Bertz CT molecular complexity index is 585. The highest BCUT2D eigenvalue weighted by atomic mass is 16.5. The second-order valence-electron chi connectivity index (χ2n) is 6.12. The number of hydrogen-bond acceptors (Lipinski definition) is 5. The van der Waals surface area contributed by atoms with Crippen LogP contribution in [0, 0.1) is 18.3 Å². The molecule has 1 aliphatic heterocycles. The molecule has 0 aromatic carbocycles. The molecular weight excluding hydrogens is 286 g/mol. The summed E-state index contributed by atoms with van der Waals surface area (Å²) >= 11 is 0. The fourth-order valence-electron chi connectivity index (χ4n) is 3.29. The average Bonchev–Trinajstić information content (AvgIpc) is 3.08. The third-order valence-electron chi connectivity index (χ3n) is 4.81. The van der Waals surface area contributed by atoms with Crippen LogP contribution in [0.15, 0.2) is 10.5 Å². The van der Waals surface area contributed by atoms with Gasteiger partial charge in [0.2, 0.25) is 5.91 Å². The molecule has 1 aliphatic carbocycles. The summed E-state index contributed by atoms with van der Waals surface area (Å²) in [6.07, 6.45) is 2.89. The molecule has 6 nitrogen and oxygen atoms in total.